The Hall–Kier alpha value is 1.49. The molecular weight excluding hydrogens is 217 g/mol. The van der Waals surface area contributed by atoms with Gasteiger partial charge >= 0.3 is 48.9 Å². The molecule has 0 saturated carbocycles. The SMILES string of the molecule is COCCCO.[Ba+2].[H-].[H-]. The van der Waals surface area contributed by atoms with E-state index in [1.807, 2.05) is 0 Å². The molecule has 0 aliphatic rings. The second kappa shape index (κ2) is 10.5. The van der Waals surface area contributed by atoms with E-state index in [-0.39, 0.29) is 58.3 Å². The van der Waals surface area contributed by atoms with Crippen LogP contribution in [-0.2, 0) is 4.74 Å². The summed E-state index contributed by atoms with van der Waals surface area (Å²) < 4.78 is 4.62. The normalized spacial score (nSPS) is 7.71. The number of hydrogen-bond acceptors (Lipinski definition) is 2. The Kier molecular flexibility index (Phi) is 16.9. The van der Waals surface area contributed by atoms with Gasteiger partial charge in [-0.1, -0.05) is 0 Å². The van der Waals surface area contributed by atoms with E-state index >= 15 is 0 Å². The molecule has 0 aliphatic heterocycles. The van der Waals surface area contributed by atoms with Crippen LogP contribution in [0.15, 0.2) is 0 Å². The molecule has 7 heavy (non-hydrogen) atoms. The van der Waals surface area contributed by atoms with Gasteiger partial charge in [0.15, 0.2) is 0 Å². The van der Waals surface area contributed by atoms with E-state index in [1.165, 1.54) is 0 Å². The smallest absolute Gasteiger partial charge is 1.00 e. The molecule has 0 fully saturated rings. The van der Waals surface area contributed by atoms with Gasteiger partial charge in [0, 0.05) is 20.3 Å². The fourth-order valence-corrected chi connectivity index (χ4v) is 0.209. The van der Waals surface area contributed by atoms with Gasteiger partial charge in [0.25, 0.3) is 0 Å². The van der Waals surface area contributed by atoms with Crippen molar-refractivity contribution in [3.05, 3.63) is 0 Å². The van der Waals surface area contributed by atoms with Crippen molar-refractivity contribution in [3.8, 4) is 0 Å². The summed E-state index contributed by atoms with van der Waals surface area (Å²) in [4.78, 5) is 0. The summed E-state index contributed by atoms with van der Waals surface area (Å²) in [5.41, 5.74) is 0. The van der Waals surface area contributed by atoms with Crippen molar-refractivity contribution in [2.24, 2.45) is 0 Å². The molecule has 2 nitrogen and oxygen atoms in total. The molecule has 0 aromatic heterocycles. The Morgan fingerprint density at radius 3 is 2.43 bits per heavy atom. The molecule has 0 aromatic carbocycles. The summed E-state index contributed by atoms with van der Waals surface area (Å²) in [6.45, 7) is 0.893. The predicted octanol–water partition coefficient (Wildman–Crippen LogP) is -0.141. The first-order valence-electron chi connectivity index (χ1n) is 2.01. The standard InChI is InChI=1S/C4H10O2.Ba.2H/c1-6-4-2-3-5;;;/h5H,2-4H2,1H3;;;/q;+2;2*-1. The first-order valence-corrected chi connectivity index (χ1v) is 2.01. The average molecular weight is 229 g/mol. The van der Waals surface area contributed by atoms with E-state index in [4.69, 9.17) is 5.11 Å². The molecule has 0 spiro atoms. The van der Waals surface area contributed by atoms with Crippen molar-refractivity contribution >= 4 is 48.9 Å². The van der Waals surface area contributed by atoms with Gasteiger partial charge in [-0.2, -0.15) is 0 Å². The van der Waals surface area contributed by atoms with Crippen molar-refractivity contribution < 1.29 is 12.7 Å². The first kappa shape index (κ1) is 11.3. The van der Waals surface area contributed by atoms with Gasteiger partial charge in [-0.15, -0.1) is 0 Å². The van der Waals surface area contributed by atoms with E-state index in [0.717, 1.165) is 6.42 Å². The maximum absolute atomic E-state index is 8.12. The largest absolute Gasteiger partial charge is 2.00 e. The monoisotopic (exact) mass is 230 g/mol. The fraction of sp³-hybridized carbons (Fsp3) is 1.00. The van der Waals surface area contributed by atoms with Crippen LogP contribution in [0.25, 0.3) is 0 Å². The molecule has 0 unspecified atom stereocenters. The summed E-state index contributed by atoms with van der Waals surface area (Å²) >= 11 is 0. The molecule has 0 aromatic rings. The van der Waals surface area contributed by atoms with Crippen LogP contribution < -0.4 is 0 Å². The minimum Gasteiger partial charge on any atom is -1.00 e. The topological polar surface area (TPSA) is 29.5 Å². The minimum atomic E-state index is 0. The fourth-order valence-electron chi connectivity index (χ4n) is 0.209. The molecule has 0 atom stereocenters. The third-order valence-electron chi connectivity index (χ3n) is 0.507. The Morgan fingerprint density at radius 1 is 1.71 bits per heavy atom. The molecule has 0 rings (SSSR count). The third kappa shape index (κ3) is 11.2. The predicted molar refractivity (Wildman–Crippen MR) is 31.6 cm³/mol. The van der Waals surface area contributed by atoms with Crippen LogP contribution >= 0.6 is 0 Å². The van der Waals surface area contributed by atoms with Gasteiger partial charge in [-0.25, -0.2) is 0 Å². The second-order valence-corrected chi connectivity index (χ2v) is 1.07. The van der Waals surface area contributed by atoms with Crippen LogP contribution in [0.1, 0.15) is 9.27 Å². The molecule has 0 amide bonds. The van der Waals surface area contributed by atoms with Gasteiger partial charge < -0.3 is 12.7 Å². The molecule has 42 valence electrons. The Bertz CT molecular complexity index is 28.5. The summed E-state index contributed by atoms with van der Waals surface area (Å²) in [7, 11) is 1.62. The molecule has 0 aliphatic carbocycles. The summed E-state index contributed by atoms with van der Waals surface area (Å²) in [6, 6.07) is 0. The third-order valence-corrected chi connectivity index (χ3v) is 0.507. The van der Waals surface area contributed by atoms with E-state index in [9.17, 15) is 0 Å². The number of aliphatic hydroxyl groups excluding tert-OH is 1. The van der Waals surface area contributed by atoms with Crippen molar-refractivity contribution in [1.29, 1.82) is 0 Å². The van der Waals surface area contributed by atoms with Crippen LogP contribution in [0.3, 0.4) is 0 Å². The van der Waals surface area contributed by atoms with E-state index in [0.29, 0.717) is 6.61 Å². The maximum atomic E-state index is 8.12. The molecular formula is C4H12BaO2. The van der Waals surface area contributed by atoms with Gasteiger partial charge in [-0.05, 0) is 6.42 Å². The maximum Gasteiger partial charge on any atom is 2.00 e. The minimum absolute atomic E-state index is 0. The molecule has 3 heteroatoms. The first-order chi connectivity index (χ1) is 2.91. The zero-order valence-electron chi connectivity index (χ0n) is 6.68. The number of methoxy groups -OCH3 is 1. The molecule has 0 saturated heterocycles. The summed E-state index contributed by atoms with van der Waals surface area (Å²) in [5.74, 6) is 0. The van der Waals surface area contributed by atoms with E-state index < -0.39 is 0 Å². The number of rotatable bonds is 3. The van der Waals surface area contributed by atoms with E-state index in [1.54, 1.807) is 7.11 Å². The molecule has 1 N–H and O–H groups in total. The van der Waals surface area contributed by atoms with Crippen LogP contribution in [0, 0.1) is 0 Å². The van der Waals surface area contributed by atoms with Crippen molar-refractivity contribution in [2.75, 3.05) is 20.3 Å². The van der Waals surface area contributed by atoms with Gasteiger partial charge in [0.1, 0.15) is 0 Å². The molecule has 0 heterocycles. The average Bonchev–Trinajstić information content (AvgIpc) is 1.61. The zero-order valence-corrected chi connectivity index (χ0v) is 9.12. The molecule has 0 radical (unpaired) electrons. The summed E-state index contributed by atoms with van der Waals surface area (Å²) in [5, 5.41) is 8.12. The van der Waals surface area contributed by atoms with Crippen molar-refractivity contribution in [3.63, 3.8) is 0 Å². The van der Waals surface area contributed by atoms with Gasteiger partial charge in [-0.3, -0.25) is 0 Å². The Balaban J connectivity index is -0.0000000417. The number of hydrogen-bond donors (Lipinski definition) is 1. The summed E-state index contributed by atoms with van der Waals surface area (Å²) in [6.07, 6.45) is 0.747. The Labute approximate surface area is 87.3 Å². The van der Waals surface area contributed by atoms with Crippen molar-refractivity contribution in [1.82, 2.24) is 0 Å². The van der Waals surface area contributed by atoms with Gasteiger partial charge in [0.2, 0.25) is 0 Å². The van der Waals surface area contributed by atoms with Crippen molar-refractivity contribution in [2.45, 2.75) is 6.42 Å². The van der Waals surface area contributed by atoms with Crippen LogP contribution in [0.2, 0.25) is 0 Å². The van der Waals surface area contributed by atoms with E-state index in [2.05, 4.69) is 4.74 Å². The Morgan fingerprint density at radius 2 is 2.29 bits per heavy atom. The number of aliphatic hydroxyl groups is 1. The molecule has 0 bridgehead atoms. The quantitative estimate of drug-likeness (QED) is 0.539. The van der Waals surface area contributed by atoms with Crippen LogP contribution in [-0.4, -0.2) is 74.3 Å². The van der Waals surface area contributed by atoms with Crippen LogP contribution in [0.5, 0.6) is 0 Å². The number of ether oxygens (including phenoxy) is 1. The van der Waals surface area contributed by atoms with Gasteiger partial charge in [0.05, 0.1) is 0 Å². The second-order valence-electron chi connectivity index (χ2n) is 1.07. The van der Waals surface area contributed by atoms with Crippen LogP contribution in [0.4, 0.5) is 0 Å². The zero-order chi connectivity index (χ0) is 4.83.